The summed E-state index contributed by atoms with van der Waals surface area (Å²) < 4.78 is 86.7. The van der Waals surface area contributed by atoms with Crippen LogP contribution in [-0.2, 0) is 21.8 Å². The van der Waals surface area contributed by atoms with Gasteiger partial charge in [-0.2, -0.15) is 26.3 Å². The monoisotopic (exact) mass is 578 g/mol. The molecule has 40 heavy (non-hydrogen) atoms. The smallest absolute Gasteiger partial charge is 0.417 e. The Labute approximate surface area is 228 Å². The van der Waals surface area contributed by atoms with E-state index in [4.69, 9.17) is 9.47 Å². The maximum absolute atomic E-state index is 13.0. The van der Waals surface area contributed by atoms with Gasteiger partial charge >= 0.3 is 24.3 Å². The average Bonchev–Trinajstić information content (AvgIpc) is 2.85. The van der Waals surface area contributed by atoms with Crippen LogP contribution < -0.4 is 0 Å². The number of aliphatic hydroxyl groups is 1. The highest BCUT2D eigenvalue weighted by Gasteiger charge is 2.37. The number of benzene rings is 2. The van der Waals surface area contributed by atoms with Gasteiger partial charge in [-0.1, -0.05) is 31.9 Å². The summed E-state index contributed by atoms with van der Waals surface area (Å²) in [6.07, 6.45) is -8.89. The van der Waals surface area contributed by atoms with Crippen molar-refractivity contribution in [3.8, 4) is 0 Å². The Balaban J connectivity index is 0.000000408. The molecule has 0 aromatic heterocycles. The summed E-state index contributed by atoms with van der Waals surface area (Å²) in [7, 11) is 0. The van der Waals surface area contributed by atoms with E-state index in [0.29, 0.717) is 18.8 Å². The third-order valence-corrected chi connectivity index (χ3v) is 5.18. The summed E-state index contributed by atoms with van der Waals surface area (Å²) in [5.41, 5.74) is -3.10. The molecule has 0 amide bonds. The molecule has 12 heteroatoms. The van der Waals surface area contributed by atoms with E-state index in [1.54, 1.807) is 13.8 Å². The molecule has 222 valence electrons. The fourth-order valence-corrected chi connectivity index (χ4v) is 3.36. The molecule has 0 aliphatic heterocycles. The van der Waals surface area contributed by atoms with E-state index in [1.807, 2.05) is 6.92 Å². The predicted octanol–water partition coefficient (Wildman–Crippen LogP) is 7.58. The van der Waals surface area contributed by atoms with Gasteiger partial charge in [0.2, 0.25) is 0 Å². The quantitative estimate of drug-likeness (QED) is 0.188. The first-order valence-corrected chi connectivity index (χ1v) is 12.4. The summed E-state index contributed by atoms with van der Waals surface area (Å²) in [5, 5.41) is 10.0. The molecular formula is C28H32F6O6. The van der Waals surface area contributed by atoms with Crippen LogP contribution in [0.5, 0.6) is 0 Å². The molecule has 0 aliphatic rings. The van der Waals surface area contributed by atoms with Crippen molar-refractivity contribution in [3.63, 3.8) is 0 Å². The second-order valence-electron chi connectivity index (χ2n) is 9.29. The Hall–Kier alpha value is -3.41. The van der Waals surface area contributed by atoms with Crippen LogP contribution in [0.25, 0.3) is 0 Å². The lowest BCUT2D eigenvalue weighted by atomic mass is 9.98. The molecule has 1 atom stereocenters. The van der Waals surface area contributed by atoms with Crippen LogP contribution >= 0.6 is 0 Å². The van der Waals surface area contributed by atoms with Crippen molar-refractivity contribution in [1.82, 2.24) is 0 Å². The van der Waals surface area contributed by atoms with E-state index < -0.39 is 64.9 Å². The SMILES string of the molecule is CC(C)OC(=O)c1cc(C=O)ccc1C(F)(F)F.CCCCC(O)c1ccc(C(F)(F)F)c(C(=O)OC(C)C)c1. The van der Waals surface area contributed by atoms with E-state index in [9.17, 15) is 45.8 Å². The number of carbonyl (C=O) groups excluding carboxylic acids is 3. The molecule has 0 radical (unpaired) electrons. The molecule has 1 unspecified atom stereocenters. The zero-order valence-corrected chi connectivity index (χ0v) is 22.7. The van der Waals surface area contributed by atoms with Crippen molar-refractivity contribution >= 4 is 18.2 Å². The summed E-state index contributed by atoms with van der Waals surface area (Å²) in [6.45, 7) is 8.12. The van der Waals surface area contributed by atoms with E-state index in [-0.39, 0.29) is 11.1 Å². The lowest BCUT2D eigenvalue weighted by Gasteiger charge is -2.17. The number of unbranched alkanes of at least 4 members (excludes halogenated alkanes) is 1. The van der Waals surface area contributed by atoms with Gasteiger partial charge < -0.3 is 14.6 Å². The Bertz CT molecular complexity index is 1150. The number of alkyl halides is 6. The van der Waals surface area contributed by atoms with Gasteiger partial charge in [0.25, 0.3) is 0 Å². The van der Waals surface area contributed by atoms with Crippen LogP contribution in [-0.4, -0.2) is 35.5 Å². The topological polar surface area (TPSA) is 89.9 Å². The Morgan fingerprint density at radius 1 is 0.825 bits per heavy atom. The van der Waals surface area contributed by atoms with Crippen LogP contribution in [0.1, 0.15) is 108 Å². The number of aliphatic hydroxyl groups excluding tert-OH is 1. The van der Waals surface area contributed by atoms with Crippen molar-refractivity contribution in [1.29, 1.82) is 0 Å². The minimum atomic E-state index is -4.67. The fourth-order valence-electron chi connectivity index (χ4n) is 3.36. The maximum Gasteiger partial charge on any atom is 0.417 e. The molecule has 0 spiro atoms. The summed E-state index contributed by atoms with van der Waals surface area (Å²) in [4.78, 5) is 34.0. The molecule has 0 fully saturated rings. The highest BCUT2D eigenvalue weighted by Crippen LogP contribution is 2.35. The minimum Gasteiger partial charge on any atom is -0.459 e. The fraction of sp³-hybridized carbons (Fsp3) is 0.464. The van der Waals surface area contributed by atoms with Crippen molar-refractivity contribution in [2.75, 3.05) is 0 Å². The Morgan fingerprint density at radius 2 is 1.27 bits per heavy atom. The number of aldehydes is 1. The Morgan fingerprint density at radius 3 is 1.68 bits per heavy atom. The second kappa shape index (κ2) is 14.8. The highest BCUT2D eigenvalue weighted by molar-refractivity contribution is 5.93. The van der Waals surface area contributed by atoms with E-state index in [0.717, 1.165) is 37.1 Å². The standard InChI is InChI=1S/C16H21F3O3.C12H11F3O3/c1-4-5-6-14(20)11-7-8-13(16(17,18)19)12(9-11)15(21)22-10(2)3;1-7(2)18-11(17)9-5-8(6-16)3-4-10(9)12(13,14)15/h7-10,14,20H,4-6H2,1-3H3;3-7H,1-2H3. The third kappa shape index (κ3) is 10.6. The lowest BCUT2D eigenvalue weighted by Crippen LogP contribution is -2.18. The van der Waals surface area contributed by atoms with Crippen LogP contribution in [0, 0.1) is 0 Å². The van der Waals surface area contributed by atoms with Crippen LogP contribution in [0.15, 0.2) is 36.4 Å². The van der Waals surface area contributed by atoms with Crippen molar-refractivity contribution in [3.05, 3.63) is 69.8 Å². The molecule has 2 rings (SSSR count). The van der Waals surface area contributed by atoms with Crippen LogP contribution in [0.2, 0.25) is 0 Å². The van der Waals surface area contributed by atoms with E-state index in [2.05, 4.69) is 0 Å². The Kier molecular flexibility index (Phi) is 12.8. The molecule has 0 saturated carbocycles. The number of ether oxygens (including phenoxy) is 2. The zero-order valence-electron chi connectivity index (χ0n) is 22.7. The molecule has 0 heterocycles. The predicted molar refractivity (Wildman–Crippen MR) is 134 cm³/mol. The van der Waals surface area contributed by atoms with Crippen molar-refractivity contribution in [2.45, 2.75) is 84.5 Å². The first-order chi connectivity index (χ1) is 18.4. The number of hydrogen-bond acceptors (Lipinski definition) is 6. The van der Waals surface area contributed by atoms with Crippen LogP contribution in [0.4, 0.5) is 26.3 Å². The molecule has 1 N–H and O–H groups in total. The van der Waals surface area contributed by atoms with Crippen molar-refractivity contribution in [2.24, 2.45) is 0 Å². The molecule has 2 aromatic carbocycles. The zero-order chi connectivity index (χ0) is 30.8. The largest absolute Gasteiger partial charge is 0.459 e. The summed E-state index contributed by atoms with van der Waals surface area (Å²) in [6, 6.07) is 5.67. The lowest BCUT2D eigenvalue weighted by molar-refractivity contribution is -0.139. The van der Waals surface area contributed by atoms with Gasteiger partial charge in [-0.15, -0.1) is 0 Å². The first-order valence-electron chi connectivity index (χ1n) is 12.4. The molecular weight excluding hydrogens is 546 g/mol. The molecule has 6 nitrogen and oxygen atoms in total. The number of esters is 2. The van der Waals surface area contributed by atoms with E-state index >= 15 is 0 Å². The second-order valence-corrected chi connectivity index (χ2v) is 9.29. The van der Waals surface area contributed by atoms with Gasteiger partial charge in [-0.3, -0.25) is 4.79 Å². The van der Waals surface area contributed by atoms with Gasteiger partial charge in [0, 0.05) is 5.56 Å². The molecule has 2 aromatic rings. The maximum atomic E-state index is 13.0. The first kappa shape index (κ1) is 34.6. The summed E-state index contributed by atoms with van der Waals surface area (Å²) in [5.74, 6) is -2.13. The number of carbonyl (C=O) groups is 3. The number of halogens is 6. The van der Waals surface area contributed by atoms with Gasteiger partial charge in [-0.05, 0) is 63.9 Å². The van der Waals surface area contributed by atoms with Crippen LogP contribution in [0.3, 0.4) is 0 Å². The molecule has 0 bridgehead atoms. The van der Waals surface area contributed by atoms with Gasteiger partial charge in [0.1, 0.15) is 6.29 Å². The number of rotatable bonds is 9. The van der Waals surface area contributed by atoms with Crippen molar-refractivity contribution < 1.29 is 55.3 Å². The third-order valence-electron chi connectivity index (χ3n) is 5.18. The highest BCUT2D eigenvalue weighted by atomic mass is 19.4. The van der Waals surface area contributed by atoms with Gasteiger partial charge in [0.15, 0.2) is 0 Å². The normalized spacial score (nSPS) is 12.4. The number of hydrogen-bond donors (Lipinski definition) is 1. The van der Waals surface area contributed by atoms with E-state index in [1.165, 1.54) is 19.9 Å². The molecule has 0 saturated heterocycles. The average molecular weight is 579 g/mol. The summed E-state index contributed by atoms with van der Waals surface area (Å²) >= 11 is 0. The van der Waals surface area contributed by atoms with Gasteiger partial charge in [-0.25, -0.2) is 9.59 Å². The molecule has 0 aliphatic carbocycles. The minimum absolute atomic E-state index is 0.0151. The van der Waals surface area contributed by atoms with Gasteiger partial charge in [0.05, 0.1) is 40.6 Å².